The summed E-state index contributed by atoms with van der Waals surface area (Å²) in [5, 5.41) is 4.31. The molecule has 0 saturated carbocycles. The van der Waals surface area contributed by atoms with Gasteiger partial charge < -0.3 is 14.8 Å². The normalized spacial score (nSPS) is 17.1. The molecule has 0 aromatic heterocycles. The first-order valence-electron chi connectivity index (χ1n) is 4.48. The Hall–Kier alpha value is -0.480. The van der Waals surface area contributed by atoms with Gasteiger partial charge in [0.25, 0.3) is 0 Å². The van der Waals surface area contributed by atoms with Crippen LogP contribution in [0.25, 0.3) is 5.32 Å². The largest absolute Gasteiger partial charge is 0.655 e. The van der Waals surface area contributed by atoms with Crippen LogP contribution in [0.3, 0.4) is 0 Å². The van der Waals surface area contributed by atoms with Crippen LogP contribution in [-0.4, -0.2) is 13.2 Å². The average molecular weight is 357 g/mol. The van der Waals surface area contributed by atoms with Crippen LogP contribution in [-0.2, 0) is 35.5 Å². The Bertz CT molecular complexity index is 321. The SMILES string of the molecule is [Ta].c1c2c(cc3c1OCCO3)C[N-]C2. The van der Waals surface area contributed by atoms with Crippen molar-refractivity contribution in [3.8, 4) is 11.5 Å². The van der Waals surface area contributed by atoms with Crippen LogP contribution in [0.1, 0.15) is 11.1 Å². The zero-order valence-electron chi connectivity index (χ0n) is 7.69. The van der Waals surface area contributed by atoms with Gasteiger partial charge in [0.1, 0.15) is 13.2 Å². The number of nitrogens with zero attached hydrogens (tertiary/aromatic N) is 1. The van der Waals surface area contributed by atoms with Crippen molar-refractivity contribution < 1.29 is 31.9 Å². The zero-order chi connectivity index (χ0) is 8.67. The maximum absolute atomic E-state index is 5.48. The van der Waals surface area contributed by atoms with Gasteiger partial charge in [-0.05, 0) is 12.1 Å². The molecule has 0 amide bonds. The summed E-state index contributed by atoms with van der Waals surface area (Å²) in [4.78, 5) is 0. The van der Waals surface area contributed by atoms with Gasteiger partial charge in [-0.25, -0.2) is 0 Å². The minimum Gasteiger partial charge on any atom is -0.655 e. The average Bonchev–Trinajstić information content (AvgIpc) is 2.61. The predicted molar refractivity (Wildman–Crippen MR) is 48.2 cm³/mol. The van der Waals surface area contributed by atoms with Gasteiger partial charge in [0.2, 0.25) is 0 Å². The van der Waals surface area contributed by atoms with E-state index >= 15 is 0 Å². The van der Waals surface area contributed by atoms with E-state index in [1.165, 1.54) is 11.1 Å². The van der Waals surface area contributed by atoms with Gasteiger partial charge >= 0.3 is 0 Å². The van der Waals surface area contributed by atoms with Crippen molar-refractivity contribution in [3.05, 3.63) is 28.6 Å². The predicted octanol–water partition coefficient (Wildman–Crippen LogP) is 1.84. The van der Waals surface area contributed by atoms with Crippen LogP contribution in [0.5, 0.6) is 11.5 Å². The van der Waals surface area contributed by atoms with E-state index < -0.39 is 0 Å². The van der Waals surface area contributed by atoms with Crippen molar-refractivity contribution in [2.24, 2.45) is 0 Å². The molecule has 14 heavy (non-hydrogen) atoms. The Morgan fingerprint density at radius 1 is 0.929 bits per heavy atom. The summed E-state index contributed by atoms with van der Waals surface area (Å²) in [6.07, 6.45) is 0. The van der Waals surface area contributed by atoms with E-state index in [-0.39, 0.29) is 22.4 Å². The maximum atomic E-state index is 5.48. The van der Waals surface area contributed by atoms with E-state index in [1.54, 1.807) is 0 Å². The molecular formula is C10H10NO2Ta-. The fourth-order valence-corrected chi connectivity index (χ4v) is 1.76. The molecular weight excluding hydrogens is 347 g/mol. The molecule has 73 valence electrons. The molecule has 1 radical (unpaired) electrons. The van der Waals surface area contributed by atoms with Crippen LogP contribution >= 0.6 is 0 Å². The molecule has 2 aliphatic rings. The van der Waals surface area contributed by atoms with Gasteiger partial charge in [0.15, 0.2) is 11.5 Å². The first kappa shape index (κ1) is 10.1. The van der Waals surface area contributed by atoms with Crippen molar-refractivity contribution in [1.82, 2.24) is 0 Å². The summed E-state index contributed by atoms with van der Waals surface area (Å²) in [5.74, 6) is 1.75. The molecule has 0 saturated heterocycles. The fourth-order valence-electron chi connectivity index (χ4n) is 1.76. The summed E-state index contributed by atoms with van der Waals surface area (Å²) < 4.78 is 11.0. The van der Waals surface area contributed by atoms with E-state index in [0.29, 0.717) is 13.2 Å². The Morgan fingerprint density at radius 2 is 1.43 bits per heavy atom. The van der Waals surface area contributed by atoms with Crippen LogP contribution < -0.4 is 9.47 Å². The van der Waals surface area contributed by atoms with Crippen LogP contribution in [0.2, 0.25) is 0 Å². The molecule has 3 rings (SSSR count). The summed E-state index contributed by atoms with van der Waals surface area (Å²) in [6.45, 7) is 2.96. The molecule has 0 N–H and O–H groups in total. The monoisotopic (exact) mass is 357 g/mol. The van der Waals surface area contributed by atoms with Gasteiger partial charge in [-0.1, -0.05) is 11.1 Å². The van der Waals surface area contributed by atoms with Gasteiger partial charge in [-0.15, -0.1) is 13.1 Å². The van der Waals surface area contributed by atoms with Crippen molar-refractivity contribution in [2.45, 2.75) is 13.1 Å². The molecule has 0 aliphatic carbocycles. The molecule has 0 bridgehead atoms. The third kappa shape index (κ3) is 1.57. The van der Waals surface area contributed by atoms with E-state index in [0.717, 1.165) is 24.6 Å². The molecule has 0 fully saturated rings. The standard InChI is InChI=1S/C10H10NO2.Ta/c1-2-13-10-4-8-6-11-5-7(8)3-9(10)12-1;/h3-4H,1-2,5-6H2;/q-1;. The van der Waals surface area contributed by atoms with E-state index in [1.807, 2.05) is 0 Å². The quantitative estimate of drug-likeness (QED) is 0.710. The molecule has 0 atom stereocenters. The second-order valence-corrected chi connectivity index (χ2v) is 3.30. The van der Waals surface area contributed by atoms with Crippen LogP contribution in [0.15, 0.2) is 12.1 Å². The minimum atomic E-state index is 0. The van der Waals surface area contributed by atoms with Crippen molar-refractivity contribution >= 4 is 0 Å². The smallest absolute Gasteiger partial charge is 0.161 e. The van der Waals surface area contributed by atoms with Crippen molar-refractivity contribution in [1.29, 1.82) is 0 Å². The van der Waals surface area contributed by atoms with E-state index in [2.05, 4.69) is 17.4 Å². The third-order valence-electron chi connectivity index (χ3n) is 2.43. The Morgan fingerprint density at radius 3 is 1.93 bits per heavy atom. The van der Waals surface area contributed by atoms with Gasteiger partial charge in [-0.3, -0.25) is 0 Å². The first-order chi connectivity index (χ1) is 6.43. The summed E-state index contributed by atoms with van der Waals surface area (Å²) in [6, 6.07) is 4.11. The fraction of sp³-hybridized carbons (Fsp3) is 0.400. The molecule has 1 aromatic rings. The third-order valence-corrected chi connectivity index (χ3v) is 2.43. The van der Waals surface area contributed by atoms with Crippen LogP contribution in [0, 0.1) is 0 Å². The number of hydrogen-bond acceptors (Lipinski definition) is 2. The maximum Gasteiger partial charge on any atom is 0.161 e. The Kier molecular flexibility index (Phi) is 2.83. The molecule has 2 heterocycles. The van der Waals surface area contributed by atoms with Gasteiger partial charge in [-0.2, -0.15) is 0 Å². The molecule has 0 spiro atoms. The molecule has 3 nitrogen and oxygen atoms in total. The summed E-state index contributed by atoms with van der Waals surface area (Å²) >= 11 is 0. The summed E-state index contributed by atoms with van der Waals surface area (Å²) in [7, 11) is 0. The van der Waals surface area contributed by atoms with Gasteiger partial charge in [0, 0.05) is 22.4 Å². The van der Waals surface area contributed by atoms with Gasteiger partial charge in [0.05, 0.1) is 0 Å². The zero-order valence-corrected chi connectivity index (χ0v) is 10.9. The minimum absolute atomic E-state index is 0. The Labute approximate surface area is 98.3 Å². The number of fused-ring (bicyclic) bond motifs is 2. The number of rotatable bonds is 0. The second kappa shape index (κ2) is 3.95. The second-order valence-electron chi connectivity index (χ2n) is 3.30. The number of ether oxygens (including phenoxy) is 2. The Balaban J connectivity index is 0.000000750. The van der Waals surface area contributed by atoms with Crippen molar-refractivity contribution in [3.63, 3.8) is 0 Å². The van der Waals surface area contributed by atoms with E-state index in [4.69, 9.17) is 9.47 Å². The van der Waals surface area contributed by atoms with Crippen LogP contribution in [0.4, 0.5) is 0 Å². The molecule has 1 aromatic carbocycles. The molecule has 0 unspecified atom stereocenters. The topological polar surface area (TPSA) is 32.6 Å². The number of benzene rings is 1. The van der Waals surface area contributed by atoms with Crippen molar-refractivity contribution in [2.75, 3.05) is 13.2 Å². The first-order valence-corrected chi connectivity index (χ1v) is 4.48. The van der Waals surface area contributed by atoms with E-state index in [9.17, 15) is 0 Å². The summed E-state index contributed by atoms with van der Waals surface area (Å²) in [5.41, 5.74) is 2.56. The molecule has 2 aliphatic heterocycles. The number of hydrogen-bond donors (Lipinski definition) is 0. The molecule has 4 heteroatoms.